The zero-order valence-electron chi connectivity index (χ0n) is 17.7. The lowest BCUT2D eigenvalue weighted by Crippen LogP contribution is -2.43. The molecule has 28 heavy (non-hydrogen) atoms. The highest BCUT2D eigenvalue weighted by Crippen LogP contribution is 2.22. The monoisotopic (exact) mass is 379 g/mol. The molecule has 1 amide bonds. The second kappa shape index (κ2) is 8.89. The Bertz CT molecular complexity index is 767. The van der Waals surface area contributed by atoms with E-state index in [1.54, 1.807) is 0 Å². The van der Waals surface area contributed by atoms with E-state index in [9.17, 15) is 4.79 Å². The molecule has 4 heteroatoms. The van der Waals surface area contributed by atoms with Gasteiger partial charge in [0, 0.05) is 44.0 Å². The van der Waals surface area contributed by atoms with E-state index in [1.807, 2.05) is 24.3 Å². The fraction of sp³-hybridized carbons (Fsp3) is 0.458. The molecule has 150 valence electrons. The molecule has 1 aliphatic rings. The third kappa shape index (κ3) is 6.18. The number of carbonyl (C=O) groups excluding carboxylic acids is 1. The van der Waals surface area contributed by atoms with Gasteiger partial charge >= 0.3 is 0 Å². The van der Waals surface area contributed by atoms with E-state index >= 15 is 0 Å². The van der Waals surface area contributed by atoms with Crippen LogP contribution in [0.1, 0.15) is 42.3 Å². The van der Waals surface area contributed by atoms with E-state index in [-0.39, 0.29) is 11.3 Å². The Labute approximate surface area is 169 Å². The lowest BCUT2D eigenvalue weighted by atomic mass is 9.88. The maximum Gasteiger partial charge on any atom is 0.255 e. The first kappa shape index (κ1) is 20.6. The number of rotatable bonds is 5. The van der Waals surface area contributed by atoms with Gasteiger partial charge in [0.1, 0.15) is 0 Å². The van der Waals surface area contributed by atoms with Gasteiger partial charge in [0.2, 0.25) is 0 Å². The molecule has 0 bridgehead atoms. The van der Waals surface area contributed by atoms with Crippen LogP contribution in [0.2, 0.25) is 0 Å². The Balaban J connectivity index is 1.54. The second-order valence-corrected chi connectivity index (χ2v) is 9.16. The molecule has 4 nitrogen and oxygen atoms in total. The first-order valence-corrected chi connectivity index (χ1v) is 10.2. The first-order valence-electron chi connectivity index (χ1n) is 10.2. The molecule has 1 fully saturated rings. The lowest BCUT2D eigenvalue weighted by molar-refractivity contribution is 0.102. The van der Waals surface area contributed by atoms with E-state index in [0.29, 0.717) is 5.56 Å². The molecule has 2 aromatic rings. The molecule has 2 aromatic carbocycles. The molecule has 3 rings (SSSR count). The number of amides is 1. The van der Waals surface area contributed by atoms with E-state index in [4.69, 9.17) is 0 Å². The largest absolute Gasteiger partial charge is 0.322 e. The Hall–Kier alpha value is -2.17. The Morgan fingerprint density at radius 1 is 0.893 bits per heavy atom. The summed E-state index contributed by atoms with van der Waals surface area (Å²) < 4.78 is 0. The zero-order valence-corrected chi connectivity index (χ0v) is 17.7. The predicted octanol–water partition coefficient (Wildman–Crippen LogP) is 4.27. The second-order valence-electron chi connectivity index (χ2n) is 9.16. The van der Waals surface area contributed by atoms with Crippen LogP contribution >= 0.6 is 0 Å². The van der Waals surface area contributed by atoms with Crippen LogP contribution in [0.5, 0.6) is 0 Å². The van der Waals surface area contributed by atoms with Crippen molar-refractivity contribution in [1.29, 1.82) is 0 Å². The van der Waals surface area contributed by atoms with Gasteiger partial charge in [-0.05, 0) is 54.3 Å². The standard InChI is InChI=1S/C24H33N3O/c1-24(2,3)17-19-7-11-22(12-8-19)25-23(28)21-9-5-20(6-10-21)18-27-15-13-26(4)14-16-27/h5-12H,13-18H2,1-4H3,(H,25,28). The van der Waals surface area contributed by atoms with Crippen molar-refractivity contribution in [2.45, 2.75) is 33.7 Å². The Kier molecular flexibility index (Phi) is 6.53. The quantitative estimate of drug-likeness (QED) is 0.842. The van der Waals surface area contributed by atoms with Crippen molar-refractivity contribution in [2.75, 3.05) is 38.5 Å². The topological polar surface area (TPSA) is 35.6 Å². The molecule has 1 aliphatic heterocycles. The Morgan fingerprint density at radius 2 is 1.46 bits per heavy atom. The molecule has 0 saturated carbocycles. The highest BCUT2D eigenvalue weighted by molar-refractivity contribution is 6.04. The summed E-state index contributed by atoms with van der Waals surface area (Å²) >= 11 is 0. The van der Waals surface area contributed by atoms with Crippen LogP contribution in [-0.2, 0) is 13.0 Å². The van der Waals surface area contributed by atoms with Gasteiger partial charge < -0.3 is 10.2 Å². The molecular weight excluding hydrogens is 346 g/mol. The number of anilines is 1. The lowest BCUT2D eigenvalue weighted by Gasteiger charge is -2.32. The summed E-state index contributed by atoms with van der Waals surface area (Å²) in [6.07, 6.45) is 1.02. The van der Waals surface area contributed by atoms with Crippen LogP contribution in [-0.4, -0.2) is 48.9 Å². The van der Waals surface area contributed by atoms with Crippen LogP contribution in [0, 0.1) is 5.41 Å². The minimum Gasteiger partial charge on any atom is -0.322 e. The van der Waals surface area contributed by atoms with Crippen LogP contribution < -0.4 is 5.32 Å². The van der Waals surface area contributed by atoms with Gasteiger partial charge in [0.05, 0.1) is 0 Å². The average molecular weight is 380 g/mol. The van der Waals surface area contributed by atoms with E-state index in [0.717, 1.165) is 44.8 Å². The normalized spacial score (nSPS) is 16.1. The van der Waals surface area contributed by atoms with Gasteiger partial charge in [-0.3, -0.25) is 9.69 Å². The van der Waals surface area contributed by atoms with Crippen molar-refractivity contribution < 1.29 is 4.79 Å². The molecule has 1 N–H and O–H groups in total. The van der Waals surface area contributed by atoms with Crippen molar-refractivity contribution >= 4 is 11.6 Å². The van der Waals surface area contributed by atoms with Crippen LogP contribution in [0.25, 0.3) is 0 Å². The van der Waals surface area contributed by atoms with Gasteiger partial charge in [0.25, 0.3) is 5.91 Å². The number of piperazine rings is 1. The molecule has 0 aliphatic carbocycles. The first-order chi connectivity index (χ1) is 13.3. The minimum absolute atomic E-state index is 0.0604. The van der Waals surface area contributed by atoms with Crippen molar-refractivity contribution in [3.63, 3.8) is 0 Å². The minimum atomic E-state index is -0.0604. The highest BCUT2D eigenvalue weighted by Gasteiger charge is 2.14. The number of carbonyl (C=O) groups is 1. The van der Waals surface area contributed by atoms with Gasteiger partial charge in [-0.1, -0.05) is 45.0 Å². The maximum absolute atomic E-state index is 12.5. The maximum atomic E-state index is 12.5. The third-order valence-electron chi connectivity index (χ3n) is 5.16. The number of likely N-dealkylation sites (N-methyl/N-ethyl adjacent to an activating group) is 1. The zero-order chi connectivity index (χ0) is 20.1. The summed E-state index contributed by atoms with van der Waals surface area (Å²) in [6, 6.07) is 16.2. The molecule has 1 saturated heterocycles. The van der Waals surface area contributed by atoms with Crippen LogP contribution in [0.15, 0.2) is 48.5 Å². The van der Waals surface area contributed by atoms with Crippen molar-refractivity contribution in [3.8, 4) is 0 Å². The summed E-state index contributed by atoms with van der Waals surface area (Å²) in [4.78, 5) is 17.4. The third-order valence-corrected chi connectivity index (χ3v) is 5.16. The van der Waals surface area contributed by atoms with Crippen molar-refractivity contribution in [2.24, 2.45) is 5.41 Å². The summed E-state index contributed by atoms with van der Waals surface area (Å²) in [6.45, 7) is 12.1. The summed E-state index contributed by atoms with van der Waals surface area (Å²) in [5.41, 5.74) is 4.34. The fourth-order valence-corrected chi connectivity index (χ4v) is 3.55. The molecule has 0 atom stereocenters. The van der Waals surface area contributed by atoms with E-state index in [1.165, 1.54) is 11.1 Å². The van der Waals surface area contributed by atoms with Gasteiger partial charge in [-0.25, -0.2) is 0 Å². The summed E-state index contributed by atoms with van der Waals surface area (Å²) in [7, 11) is 2.17. The highest BCUT2D eigenvalue weighted by atomic mass is 16.1. The van der Waals surface area contributed by atoms with Crippen LogP contribution in [0.4, 0.5) is 5.69 Å². The van der Waals surface area contributed by atoms with Gasteiger partial charge in [-0.15, -0.1) is 0 Å². The van der Waals surface area contributed by atoms with Crippen LogP contribution in [0.3, 0.4) is 0 Å². The fourth-order valence-electron chi connectivity index (χ4n) is 3.55. The molecule has 0 radical (unpaired) electrons. The predicted molar refractivity (Wildman–Crippen MR) is 117 cm³/mol. The van der Waals surface area contributed by atoms with Crippen molar-refractivity contribution in [1.82, 2.24) is 9.80 Å². The average Bonchev–Trinajstić information content (AvgIpc) is 2.65. The van der Waals surface area contributed by atoms with E-state index in [2.05, 4.69) is 67.2 Å². The van der Waals surface area contributed by atoms with Gasteiger partial charge in [-0.2, -0.15) is 0 Å². The molecule has 0 spiro atoms. The number of nitrogens with one attached hydrogen (secondary N) is 1. The number of hydrogen-bond acceptors (Lipinski definition) is 3. The number of benzene rings is 2. The summed E-state index contributed by atoms with van der Waals surface area (Å²) in [5.74, 6) is -0.0604. The molecular formula is C24H33N3O. The summed E-state index contributed by atoms with van der Waals surface area (Å²) in [5, 5.41) is 3.00. The molecule has 1 heterocycles. The van der Waals surface area contributed by atoms with Gasteiger partial charge in [0.15, 0.2) is 0 Å². The SMILES string of the molecule is CN1CCN(Cc2ccc(C(=O)Nc3ccc(CC(C)(C)C)cc3)cc2)CC1. The van der Waals surface area contributed by atoms with Crippen molar-refractivity contribution in [3.05, 3.63) is 65.2 Å². The smallest absolute Gasteiger partial charge is 0.255 e. The number of nitrogens with zero attached hydrogens (tertiary/aromatic N) is 2. The molecule has 0 unspecified atom stereocenters. The Morgan fingerprint density at radius 3 is 2.04 bits per heavy atom. The number of hydrogen-bond donors (Lipinski definition) is 1. The molecule has 0 aromatic heterocycles. The van der Waals surface area contributed by atoms with E-state index < -0.39 is 0 Å².